The number of hydrogen-bond donors (Lipinski definition) is 2. The number of hydrogen-bond acceptors (Lipinski definition) is 4. The Kier molecular flexibility index (Phi) is 3.17. The molecule has 0 spiro atoms. The fourth-order valence-electron chi connectivity index (χ4n) is 2.36. The number of fused-ring (bicyclic) bond motifs is 1. The van der Waals surface area contributed by atoms with Crippen molar-refractivity contribution in [3.8, 4) is 5.75 Å². The zero-order valence-electron chi connectivity index (χ0n) is 10.8. The van der Waals surface area contributed by atoms with Crippen molar-refractivity contribution in [1.82, 2.24) is 5.32 Å². The Labute approximate surface area is 112 Å². The number of rotatable bonds is 3. The van der Waals surface area contributed by atoms with Crippen molar-refractivity contribution in [2.45, 2.75) is 18.9 Å². The maximum atomic E-state index is 6.00. The predicted octanol–water partition coefficient (Wildman–Crippen LogP) is 2.49. The minimum absolute atomic E-state index is 0.301. The first-order valence-electron chi connectivity index (χ1n) is 6.58. The Morgan fingerprint density at radius 3 is 2.84 bits per heavy atom. The van der Waals surface area contributed by atoms with Crippen LogP contribution in [0.4, 0.5) is 0 Å². The number of benzene rings is 1. The molecule has 4 nitrogen and oxygen atoms in total. The van der Waals surface area contributed by atoms with Crippen LogP contribution in [-0.2, 0) is 0 Å². The van der Waals surface area contributed by atoms with E-state index in [2.05, 4.69) is 11.9 Å². The maximum absolute atomic E-state index is 6.00. The lowest BCUT2D eigenvalue weighted by Gasteiger charge is -2.23. The van der Waals surface area contributed by atoms with E-state index in [4.69, 9.17) is 14.9 Å². The van der Waals surface area contributed by atoms with E-state index in [1.54, 1.807) is 0 Å². The summed E-state index contributed by atoms with van der Waals surface area (Å²) in [6.07, 6.45) is 2.40. The first-order valence-corrected chi connectivity index (χ1v) is 6.58. The van der Waals surface area contributed by atoms with Gasteiger partial charge in [-0.2, -0.15) is 0 Å². The Morgan fingerprint density at radius 1 is 1.32 bits per heavy atom. The van der Waals surface area contributed by atoms with Crippen LogP contribution in [0.2, 0.25) is 0 Å². The van der Waals surface area contributed by atoms with Gasteiger partial charge in [0.05, 0.1) is 5.70 Å². The van der Waals surface area contributed by atoms with E-state index in [1.807, 2.05) is 24.3 Å². The van der Waals surface area contributed by atoms with Crippen LogP contribution in [0, 0.1) is 0 Å². The van der Waals surface area contributed by atoms with Gasteiger partial charge in [-0.15, -0.1) is 0 Å². The molecule has 0 amide bonds. The lowest BCUT2D eigenvalue weighted by molar-refractivity contribution is 0.162. The molecule has 19 heavy (non-hydrogen) atoms. The largest absolute Gasteiger partial charge is 0.490 e. The summed E-state index contributed by atoms with van der Waals surface area (Å²) in [6, 6.07) is 7.75. The van der Waals surface area contributed by atoms with E-state index < -0.39 is 0 Å². The molecule has 2 aromatic rings. The Hall–Kier alpha value is -1.94. The molecule has 0 atom stereocenters. The van der Waals surface area contributed by atoms with Gasteiger partial charge in [0.15, 0.2) is 0 Å². The molecule has 3 rings (SSSR count). The Bertz CT molecular complexity index is 597. The highest BCUT2D eigenvalue weighted by molar-refractivity contribution is 5.82. The third kappa shape index (κ3) is 2.58. The van der Waals surface area contributed by atoms with Crippen LogP contribution in [0.3, 0.4) is 0 Å². The molecule has 4 heteroatoms. The molecule has 1 fully saturated rings. The van der Waals surface area contributed by atoms with Gasteiger partial charge in [-0.3, -0.25) is 0 Å². The smallest absolute Gasteiger partial charge is 0.150 e. The standard InChI is InChI=1S/C15H18N2O2/c1-10(16)15-9-11-8-13(2-3-14(11)19-15)18-12-4-6-17-7-5-12/h2-3,8-9,12,17H,1,4-7,16H2. The molecular weight excluding hydrogens is 240 g/mol. The van der Waals surface area contributed by atoms with Crippen LogP contribution in [0.15, 0.2) is 35.3 Å². The number of nitrogens with two attached hydrogens (primary N) is 1. The van der Waals surface area contributed by atoms with Crippen molar-refractivity contribution in [2.75, 3.05) is 13.1 Å². The van der Waals surface area contributed by atoms with E-state index in [-0.39, 0.29) is 0 Å². The first kappa shape index (κ1) is 12.1. The summed E-state index contributed by atoms with van der Waals surface area (Å²) >= 11 is 0. The normalized spacial score (nSPS) is 16.6. The van der Waals surface area contributed by atoms with Gasteiger partial charge in [0.1, 0.15) is 23.2 Å². The maximum Gasteiger partial charge on any atom is 0.150 e. The zero-order valence-corrected chi connectivity index (χ0v) is 10.8. The molecule has 0 radical (unpaired) electrons. The highest BCUT2D eigenvalue weighted by Crippen LogP contribution is 2.27. The van der Waals surface area contributed by atoms with Crippen LogP contribution in [0.25, 0.3) is 16.7 Å². The molecule has 2 heterocycles. The minimum Gasteiger partial charge on any atom is -0.490 e. The molecule has 0 bridgehead atoms. The summed E-state index contributed by atoms with van der Waals surface area (Å²) in [6.45, 7) is 5.73. The summed E-state index contributed by atoms with van der Waals surface area (Å²) in [5.74, 6) is 1.50. The quantitative estimate of drug-likeness (QED) is 0.888. The summed E-state index contributed by atoms with van der Waals surface area (Å²) < 4.78 is 11.6. The highest BCUT2D eigenvalue weighted by atomic mass is 16.5. The molecule has 3 N–H and O–H groups in total. The van der Waals surface area contributed by atoms with Crippen LogP contribution >= 0.6 is 0 Å². The third-order valence-corrected chi connectivity index (χ3v) is 3.39. The Morgan fingerprint density at radius 2 is 2.11 bits per heavy atom. The van der Waals surface area contributed by atoms with Crippen molar-refractivity contribution < 1.29 is 9.15 Å². The molecule has 1 saturated heterocycles. The second kappa shape index (κ2) is 4.97. The molecule has 1 aliphatic heterocycles. The summed E-state index contributed by atoms with van der Waals surface area (Å²) in [4.78, 5) is 0. The van der Waals surface area contributed by atoms with E-state index >= 15 is 0 Å². The topological polar surface area (TPSA) is 60.4 Å². The number of ether oxygens (including phenoxy) is 1. The SMILES string of the molecule is C=C(N)c1cc2cc(OC3CCNCC3)ccc2o1. The molecule has 0 aliphatic carbocycles. The predicted molar refractivity (Wildman–Crippen MR) is 76.0 cm³/mol. The summed E-state index contributed by atoms with van der Waals surface area (Å²) in [5, 5.41) is 4.32. The van der Waals surface area contributed by atoms with E-state index in [0.717, 1.165) is 42.6 Å². The fraction of sp³-hybridized carbons (Fsp3) is 0.333. The number of furan rings is 1. The lowest BCUT2D eigenvalue weighted by atomic mass is 10.1. The van der Waals surface area contributed by atoms with Crippen molar-refractivity contribution in [3.63, 3.8) is 0 Å². The fourth-order valence-corrected chi connectivity index (χ4v) is 2.36. The van der Waals surface area contributed by atoms with Crippen LogP contribution in [0.1, 0.15) is 18.6 Å². The van der Waals surface area contributed by atoms with Crippen molar-refractivity contribution in [2.24, 2.45) is 5.73 Å². The van der Waals surface area contributed by atoms with Crippen molar-refractivity contribution in [1.29, 1.82) is 0 Å². The van der Waals surface area contributed by atoms with Crippen molar-refractivity contribution in [3.05, 3.63) is 36.6 Å². The van der Waals surface area contributed by atoms with Gasteiger partial charge in [-0.05, 0) is 50.2 Å². The van der Waals surface area contributed by atoms with E-state index in [1.165, 1.54) is 0 Å². The molecule has 1 aliphatic rings. The molecule has 0 saturated carbocycles. The second-order valence-corrected chi connectivity index (χ2v) is 4.90. The van der Waals surface area contributed by atoms with Gasteiger partial charge in [0.25, 0.3) is 0 Å². The monoisotopic (exact) mass is 258 g/mol. The second-order valence-electron chi connectivity index (χ2n) is 4.90. The lowest BCUT2D eigenvalue weighted by Crippen LogP contribution is -2.34. The van der Waals surface area contributed by atoms with Crippen molar-refractivity contribution >= 4 is 16.7 Å². The summed E-state index contributed by atoms with van der Waals surface area (Å²) in [7, 11) is 0. The average Bonchev–Trinajstić information content (AvgIpc) is 2.83. The van der Waals surface area contributed by atoms with Crippen LogP contribution < -0.4 is 15.8 Å². The van der Waals surface area contributed by atoms with E-state index in [9.17, 15) is 0 Å². The number of piperidine rings is 1. The van der Waals surface area contributed by atoms with Crippen LogP contribution in [-0.4, -0.2) is 19.2 Å². The van der Waals surface area contributed by atoms with Gasteiger partial charge >= 0.3 is 0 Å². The molecular formula is C15H18N2O2. The third-order valence-electron chi connectivity index (χ3n) is 3.39. The molecule has 0 unspecified atom stereocenters. The molecule has 1 aromatic carbocycles. The van der Waals surface area contributed by atoms with Crippen LogP contribution in [0.5, 0.6) is 5.75 Å². The van der Waals surface area contributed by atoms with Gasteiger partial charge in [0.2, 0.25) is 0 Å². The van der Waals surface area contributed by atoms with E-state index in [0.29, 0.717) is 17.6 Å². The average molecular weight is 258 g/mol. The zero-order chi connectivity index (χ0) is 13.2. The summed E-state index contributed by atoms with van der Waals surface area (Å²) in [5.41, 5.74) is 6.89. The number of nitrogens with one attached hydrogen (secondary N) is 1. The Balaban J connectivity index is 1.82. The van der Waals surface area contributed by atoms with Gasteiger partial charge in [-0.25, -0.2) is 0 Å². The first-order chi connectivity index (χ1) is 9.22. The molecule has 100 valence electrons. The minimum atomic E-state index is 0.301. The van der Waals surface area contributed by atoms with Gasteiger partial charge in [0, 0.05) is 5.39 Å². The van der Waals surface area contributed by atoms with Gasteiger partial charge in [-0.1, -0.05) is 6.58 Å². The highest BCUT2D eigenvalue weighted by Gasteiger charge is 2.15. The molecule has 1 aromatic heterocycles. The van der Waals surface area contributed by atoms with Gasteiger partial charge < -0.3 is 20.2 Å².